The second-order valence-corrected chi connectivity index (χ2v) is 3.12. The molecule has 15 heavy (non-hydrogen) atoms. The molecule has 0 aromatic carbocycles. The molecule has 1 aliphatic heterocycles. The molecule has 1 fully saturated rings. The van der Waals surface area contributed by atoms with Gasteiger partial charge in [0.15, 0.2) is 11.5 Å². The number of nitrogens with one attached hydrogen (secondary N) is 1. The molecule has 0 spiro atoms. The van der Waals surface area contributed by atoms with E-state index in [4.69, 9.17) is 19.8 Å². The van der Waals surface area contributed by atoms with Crippen molar-refractivity contribution in [2.45, 2.75) is 12.7 Å². The summed E-state index contributed by atoms with van der Waals surface area (Å²) in [4.78, 5) is 11.0. The third-order valence-corrected chi connectivity index (χ3v) is 1.99. The molecule has 82 valence electrons. The number of nitrogens with two attached hydrogens (primary N) is 1. The molecule has 0 aliphatic carbocycles. The van der Waals surface area contributed by atoms with Crippen LogP contribution in [0, 0.1) is 0 Å². The summed E-state index contributed by atoms with van der Waals surface area (Å²) in [6.45, 7) is 1.48. The number of carbonyl (C=O) groups is 1. The van der Waals surface area contributed by atoms with E-state index in [1.54, 1.807) is 0 Å². The molecule has 2 heterocycles. The van der Waals surface area contributed by atoms with Crippen LogP contribution < -0.4 is 11.3 Å². The van der Waals surface area contributed by atoms with Crippen molar-refractivity contribution in [1.82, 2.24) is 10.6 Å². The maximum absolute atomic E-state index is 11.0. The van der Waals surface area contributed by atoms with Gasteiger partial charge in [-0.05, 0) is 0 Å². The topological polar surface area (TPSA) is 99.6 Å². The zero-order valence-corrected chi connectivity index (χ0v) is 7.93. The second kappa shape index (κ2) is 4.39. The molecule has 0 bridgehead atoms. The van der Waals surface area contributed by atoms with Crippen molar-refractivity contribution in [3.8, 4) is 0 Å². The number of hydrogen-bond acceptors (Lipinski definition) is 6. The van der Waals surface area contributed by atoms with Gasteiger partial charge in [-0.25, -0.2) is 5.84 Å². The number of amides is 1. The van der Waals surface area contributed by atoms with Gasteiger partial charge in [-0.1, -0.05) is 5.16 Å². The smallest absolute Gasteiger partial charge is 0.287 e. The van der Waals surface area contributed by atoms with E-state index in [1.807, 2.05) is 5.43 Å². The number of aromatic nitrogens is 1. The Bertz CT molecular complexity index is 347. The lowest BCUT2D eigenvalue weighted by molar-refractivity contribution is -0.138. The van der Waals surface area contributed by atoms with E-state index in [9.17, 15) is 4.79 Å². The first kappa shape index (κ1) is 10.1. The van der Waals surface area contributed by atoms with E-state index in [0.717, 1.165) is 0 Å². The van der Waals surface area contributed by atoms with Crippen molar-refractivity contribution in [2.24, 2.45) is 5.84 Å². The lowest BCUT2D eigenvalue weighted by Gasteiger charge is -2.25. The number of hydrogen-bond donors (Lipinski definition) is 2. The number of nitrogen functional groups attached to an aromatic ring is 1. The second-order valence-electron chi connectivity index (χ2n) is 3.12. The predicted molar refractivity (Wildman–Crippen MR) is 47.6 cm³/mol. The average molecular weight is 213 g/mol. The van der Waals surface area contributed by atoms with Crippen LogP contribution >= 0.6 is 0 Å². The van der Waals surface area contributed by atoms with Crippen LogP contribution in [0.4, 0.5) is 0 Å². The third-order valence-electron chi connectivity index (χ3n) is 1.99. The van der Waals surface area contributed by atoms with E-state index < -0.39 is 5.91 Å². The first-order valence-corrected chi connectivity index (χ1v) is 4.45. The summed E-state index contributed by atoms with van der Waals surface area (Å²) in [6, 6.07) is 1.49. The Morgan fingerprint density at radius 3 is 3.13 bits per heavy atom. The standard InChI is InChI=1S/C8H11N3O4/c9-10-8(12)7-1-5(15-11-7)4-14-6-2-13-3-6/h1,6H,2-4,9H2,(H,10,12). The first-order chi connectivity index (χ1) is 7.29. The van der Waals surface area contributed by atoms with Crippen molar-refractivity contribution in [1.29, 1.82) is 0 Å². The molecule has 1 aromatic heterocycles. The summed E-state index contributed by atoms with van der Waals surface area (Å²) in [5.74, 6) is 4.93. The minimum absolute atomic E-state index is 0.113. The van der Waals surface area contributed by atoms with Crippen molar-refractivity contribution < 1.29 is 18.8 Å². The minimum atomic E-state index is -0.489. The minimum Gasteiger partial charge on any atom is -0.376 e. The molecular weight excluding hydrogens is 202 g/mol. The summed E-state index contributed by atoms with van der Waals surface area (Å²) in [6.07, 6.45) is 0.113. The van der Waals surface area contributed by atoms with Gasteiger partial charge < -0.3 is 14.0 Å². The van der Waals surface area contributed by atoms with Crippen LogP contribution in [0.1, 0.15) is 16.2 Å². The van der Waals surface area contributed by atoms with E-state index in [1.165, 1.54) is 6.07 Å². The molecule has 0 unspecified atom stereocenters. The highest BCUT2D eigenvalue weighted by Gasteiger charge is 2.20. The normalized spacial score (nSPS) is 16.1. The van der Waals surface area contributed by atoms with Gasteiger partial charge in [0, 0.05) is 6.07 Å². The number of rotatable bonds is 4. The Labute approximate surface area is 85.5 Å². The summed E-state index contributed by atoms with van der Waals surface area (Å²) < 4.78 is 15.2. The molecular formula is C8H11N3O4. The largest absolute Gasteiger partial charge is 0.376 e. The van der Waals surface area contributed by atoms with Crippen LogP contribution in [0.3, 0.4) is 0 Å². The molecule has 2 rings (SSSR count). The molecule has 0 saturated carbocycles. The molecule has 7 heteroatoms. The van der Waals surface area contributed by atoms with Gasteiger partial charge >= 0.3 is 0 Å². The van der Waals surface area contributed by atoms with Crippen LogP contribution in [0.15, 0.2) is 10.6 Å². The van der Waals surface area contributed by atoms with Crippen LogP contribution in [-0.2, 0) is 16.1 Å². The summed E-state index contributed by atoms with van der Waals surface area (Å²) >= 11 is 0. The Hall–Kier alpha value is -1.44. The lowest BCUT2D eigenvalue weighted by Crippen LogP contribution is -2.35. The van der Waals surface area contributed by atoms with Crippen molar-refractivity contribution in [3.05, 3.63) is 17.5 Å². The van der Waals surface area contributed by atoms with E-state index in [-0.39, 0.29) is 18.4 Å². The van der Waals surface area contributed by atoms with Gasteiger partial charge in [0.2, 0.25) is 0 Å². The zero-order chi connectivity index (χ0) is 10.7. The fourth-order valence-electron chi connectivity index (χ4n) is 1.07. The third kappa shape index (κ3) is 2.32. The first-order valence-electron chi connectivity index (χ1n) is 4.45. The van der Waals surface area contributed by atoms with Gasteiger partial charge in [0.1, 0.15) is 12.7 Å². The lowest BCUT2D eigenvalue weighted by atomic mass is 10.3. The molecule has 1 aliphatic rings. The predicted octanol–water partition coefficient (Wildman–Crippen LogP) is -0.807. The zero-order valence-electron chi connectivity index (χ0n) is 7.93. The van der Waals surface area contributed by atoms with Gasteiger partial charge in [0.05, 0.1) is 13.2 Å². The van der Waals surface area contributed by atoms with Crippen molar-refractivity contribution in [2.75, 3.05) is 13.2 Å². The van der Waals surface area contributed by atoms with Crippen LogP contribution in [0.25, 0.3) is 0 Å². The highest BCUT2D eigenvalue weighted by Crippen LogP contribution is 2.10. The van der Waals surface area contributed by atoms with E-state index in [2.05, 4.69) is 5.16 Å². The fourth-order valence-corrected chi connectivity index (χ4v) is 1.07. The average Bonchev–Trinajstić information content (AvgIpc) is 2.63. The maximum atomic E-state index is 11.0. The number of ether oxygens (including phenoxy) is 2. The SMILES string of the molecule is NNC(=O)c1cc(COC2COC2)on1. The summed E-state index contributed by atoms with van der Waals surface area (Å²) in [7, 11) is 0. The van der Waals surface area contributed by atoms with Gasteiger partial charge in [-0.2, -0.15) is 0 Å². The van der Waals surface area contributed by atoms with E-state index >= 15 is 0 Å². The molecule has 7 nitrogen and oxygen atoms in total. The molecule has 1 saturated heterocycles. The van der Waals surface area contributed by atoms with Crippen LogP contribution in [0.5, 0.6) is 0 Å². The van der Waals surface area contributed by atoms with Gasteiger partial charge in [-0.15, -0.1) is 0 Å². The number of carbonyl (C=O) groups excluding carboxylic acids is 1. The Balaban J connectivity index is 1.86. The van der Waals surface area contributed by atoms with Crippen molar-refractivity contribution in [3.63, 3.8) is 0 Å². The Morgan fingerprint density at radius 2 is 2.53 bits per heavy atom. The van der Waals surface area contributed by atoms with Crippen LogP contribution in [0.2, 0.25) is 0 Å². The molecule has 0 atom stereocenters. The van der Waals surface area contributed by atoms with E-state index in [0.29, 0.717) is 19.0 Å². The Kier molecular flexibility index (Phi) is 2.95. The molecule has 1 amide bonds. The number of hydrazine groups is 1. The molecule has 1 aromatic rings. The van der Waals surface area contributed by atoms with Crippen molar-refractivity contribution >= 4 is 5.91 Å². The quantitative estimate of drug-likeness (QED) is 0.385. The maximum Gasteiger partial charge on any atom is 0.287 e. The van der Waals surface area contributed by atoms with Crippen LogP contribution in [-0.4, -0.2) is 30.4 Å². The summed E-state index contributed by atoms with van der Waals surface area (Å²) in [5, 5.41) is 3.53. The highest BCUT2D eigenvalue weighted by atomic mass is 16.6. The van der Waals surface area contributed by atoms with Gasteiger partial charge in [0.25, 0.3) is 5.91 Å². The van der Waals surface area contributed by atoms with Gasteiger partial charge in [-0.3, -0.25) is 10.2 Å². The number of nitrogens with zero attached hydrogens (tertiary/aromatic N) is 1. The molecule has 3 N–H and O–H groups in total. The molecule has 0 radical (unpaired) electrons. The highest BCUT2D eigenvalue weighted by molar-refractivity contribution is 5.91. The summed E-state index contributed by atoms with van der Waals surface area (Å²) in [5.41, 5.74) is 2.10. The fraction of sp³-hybridized carbons (Fsp3) is 0.500. The Morgan fingerprint density at radius 1 is 1.73 bits per heavy atom. The monoisotopic (exact) mass is 213 g/mol.